The summed E-state index contributed by atoms with van der Waals surface area (Å²) in [6.07, 6.45) is 6.49. The number of nitrogens with zero attached hydrogens (tertiary/aromatic N) is 3. The average molecular weight is 426 g/mol. The first-order valence-corrected chi connectivity index (χ1v) is 11.6. The fraction of sp³-hybridized carbons (Fsp3) is 0.133. The first-order chi connectivity index (χ1) is 16.3. The average Bonchev–Trinajstić information content (AvgIpc) is 2.89. The molecule has 4 heterocycles. The summed E-state index contributed by atoms with van der Waals surface area (Å²) < 4.78 is 0. The van der Waals surface area contributed by atoms with E-state index in [2.05, 4.69) is 102 Å². The minimum absolute atomic E-state index is 0.0106. The lowest BCUT2D eigenvalue weighted by Gasteiger charge is -2.45. The van der Waals surface area contributed by atoms with Gasteiger partial charge < -0.3 is 4.90 Å². The van der Waals surface area contributed by atoms with Gasteiger partial charge in [-0.1, -0.05) is 91.0 Å². The van der Waals surface area contributed by atoms with E-state index < -0.39 is 0 Å². The van der Waals surface area contributed by atoms with Gasteiger partial charge in [-0.15, -0.1) is 0 Å². The first-order valence-electron chi connectivity index (χ1n) is 11.6. The Hall–Kier alpha value is -3.98. The second-order valence-electron chi connectivity index (χ2n) is 9.04. The molecule has 2 atom stereocenters. The third-order valence-electron chi connectivity index (χ3n) is 7.02. The van der Waals surface area contributed by atoms with Crippen molar-refractivity contribution in [2.24, 2.45) is 10.9 Å². The molecule has 0 saturated carbocycles. The monoisotopic (exact) mass is 425 g/mol. The van der Waals surface area contributed by atoms with E-state index in [1.807, 2.05) is 6.07 Å². The summed E-state index contributed by atoms with van der Waals surface area (Å²) in [4.78, 5) is 13.0. The van der Waals surface area contributed by atoms with Crippen molar-refractivity contribution >= 4 is 17.2 Å². The van der Waals surface area contributed by atoms with Crippen LogP contribution >= 0.6 is 0 Å². The van der Waals surface area contributed by atoms with Gasteiger partial charge in [0.15, 0.2) is 0 Å². The molecular weight excluding hydrogens is 402 g/mol. The minimum Gasteiger partial charge on any atom is -0.302 e. The van der Waals surface area contributed by atoms with E-state index in [-0.39, 0.29) is 6.17 Å². The maximum absolute atomic E-state index is 5.32. The molecule has 4 aromatic rings. The number of fused-ring (bicyclic) bond motifs is 4. The fourth-order valence-corrected chi connectivity index (χ4v) is 5.48. The van der Waals surface area contributed by atoms with E-state index in [1.54, 1.807) is 0 Å². The summed E-state index contributed by atoms with van der Waals surface area (Å²) in [5.74, 6) is 1.38. The van der Waals surface area contributed by atoms with Crippen LogP contribution in [-0.4, -0.2) is 16.9 Å². The Kier molecular flexibility index (Phi) is 4.10. The summed E-state index contributed by atoms with van der Waals surface area (Å²) in [6.45, 7) is 0. The van der Waals surface area contributed by atoms with E-state index in [0.29, 0.717) is 5.92 Å². The minimum atomic E-state index is 0.0106. The van der Waals surface area contributed by atoms with E-state index >= 15 is 0 Å². The number of anilines is 2. The summed E-state index contributed by atoms with van der Waals surface area (Å²) in [5, 5.41) is 0. The lowest BCUT2D eigenvalue weighted by molar-refractivity contribution is 0.474. The molecule has 0 amide bonds. The van der Waals surface area contributed by atoms with Crippen LogP contribution in [0.15, 0.2) is 108 Å². The summed E-state index contributed by atoms with van der Waals surface area (Å²) >= 11 is 0. The Morgan fingerprint density at radius 3 is 2.27 bits per heavy atom. The van der Waals surface area contributed by atoms with Crippen molar-refractivity contribution in [3.05, 3.63) is 125 Å². The molecule has 7 rings (SSSR count). The van der Waals surface area contributed by atoms with Crippen LogP contribution in [0.3, 0.4) is 0 Å². The molecule has 2 unspecified atom stereocenters. The van der Waals surface area contributed by atoms with Crippen molar-refractivity contribution in [2.75, 3.05) is 4.90 Å². The van der Waals surface area contributed by atoms with E-state index in [4.69, 9.17) is 9.98 Å². The van der Waals surface area contributed by atoms with Crippen LogP contribution in [0.5, 0.6) is 0 Å². The van der Waals surface area contributed by atoms with Crippen LogP contribution in [-0.2, 0) is 12.8 Å². The maximum atomic E-state index is 5.32. The van der Waals surface area contributed by atoms with Crippen molar-refractivity contribution < 1.29 is 0 Å². The highest BCUT2D eigenvalue weighted by Gasteiger charge is 2.40. The maximum Gasteiger partial charge on any atom is 0.139 e. The zero-order valence-corrected chi connectivity index (χ0v) is 18.2. The van der Waals surface area contributed by atoms with E-state index in [0.717, 1.165) is 41.2 Å². The van der Waals surface area contributed by atoms with Crippen molar-refractivity contribution in [2.45, 2.75) is 19.0 Å². The standard InChI is InChI=1S/C30H23N3/c1-3-8-20(9-4-1)26-16-14-24-18-22-12-7-13-23-19-25-15-17-27(21-10-5-2-6-11-21)32-30(25)33(28(22)23)29(24)31-26/h1-17,24,29H,18-19H2. The second kappa shape index (κ2) is 7.28. The molecule has 1 aromatic heterocycles. The smallest absolute Gasteiger partial charge is 0.139 e. The predicted molar refractivity (Wildman–Crippen MR) is 134 cm³/mol. The normalized spacial score (nSPS) is 19.9. The summed E-state index contributed by atoms with van der Waals surface area (Å²) in [6, 6.07) is 32.1. The van der Waals surface area contributed by atoms with Crippen molar-refractivity contribution in [1.82, 2.24) is 4.98 Å². The molecule has 33 heavy (non-hydrogen) atoms. The largest absolute Gasteiger partial charge is 0.302 e. The molecule has 158 valence electrons. The Morgan fingerprint density at radius 2 is 1.45 bits per heavy atom. The van der Waals surface area contributed by atoms with Crippen molar-refractivity contribution in [1.29, 1.82) is 0 Å². The molecule has 3 nitrogen and oxygen atoms in total. The number of allylic oxidation sites excluding steroid dienone is 1. The molecule has 3 heteroatoms. The van der Waals surface area contributed by atoms with Crippen molar-refractivity contribution in [3.63, 3.8) is 0 Å². The van der Waals surface area contributed by atoms with Gasteiger partial charge in [0.25, 0.3) is 0 Å². The highest BCUT2D eigenvalue weighted by Crippen LogP contribution is 2.48. The van der Waals surface area contributed by atoms with Crippen molar-refractivity contribution in [3.8, 4) is 11.3 Å². The number of hydrogen-bond donors (Lipinski definition) is 0. The molecule has 3 aromatic carbocycles. The van der Waals surface area contributed by atoms with Gasteiger partial charge in [-0.25, -0.2) is 4.98 Å². The lowest BCUT2D eigenvalue weighted by atomic mass is 9.82. The molecule has 0 spiro atoms. The number of aromatic nitrogens is 1. The SMILES string of the molecule is C1=CC2Cc3cccc4c3N(c3nc(-c5ccccc5)ccc3C4)C2N=C1c1ccccc1. The van der Waals surface area contributed by atoms with Gasteiger partial charge in [0, 0.05) is 17.9 Å². The van der Waals surface area contributed by atoms with E-state index in [1.165, 1.54) is 22.4 Å². The third-order valence-corrected chi connectivity index (χ3v) is 7.02. The number of benzene rings is 3. The molecule has 0 fully saturated rings. The van der Waals surface area contributed by atoms with Crippen LogP contribution in [0, 0.1) is 5.92 Å². The zero-order valence-electron chi connectivity index (χ0n) is 18.2. The molecule has 3 aliphatic rings. The number of dihydropyridines is 1. The van der Waals surface area contributed by atoms with Gasteiger partial charge in [0.05, 0.1) is 17.1 Å². The second-order valence-corrected chi connectivity index (χ2v) is 9.04. The van der Waals surface area contributed by atoms with Crippen LogP contribution < -0.4 is 4.90 Å². The predicted octanol–water partition coefficient (Wildman–Crippen LogP) is 6.35. The molecule has 0 bridgehead atoms. The van der Waals surface area contributed by atoms with Gasteiger partial charge in [0.1, 0.15) is 12.0 Å². The third kappa shape index (κ3) is 2.96. The van der Waals surface area contributed by atoms with E-state index in [9.17, 15) is 0 Å². The number of rotatable bonds is 2. The number of pyridine rings is 1. The summed E-state index contributed by atoms with van der Waals surface area (Å²) in [7, 11) is 0. The van der Waals surface area contributed by atoms with Crippen LogP contribution in [0.4, 0.5) is 11.5 Å². The Morgan fingerprint density at radius 1 is 0.697 bits per heavy atom. The van der Waals surface area contributed by atoms with Crippen LogP contribution in [0.25, 0.3) is 11.3 Å². The number of para-hydroxylation sites is 1. The molecule has 3 aliphatic heterocycles. The van der Waals surface area contributed by atoms with Crippen LogP contribution in [0.2, 0.25) is 0 Å². The van der Waals surface area contributed by atoms with Gasteiger partial charge in [-0.05, 0) is 40.8 Å². The van der Waals surface area contributed by atoms with Gasteiger partial charge in [-0.3, -0.25) is 4.99 Å². The van der Waals surface area contributed by atoms with Gasteiger partial charge in [-0.2, -0.15) is 0 Å². The summed E-state index contributed by atoms with van der Waals surface area (Å²) in [5.41, 5.74) is 9.72. The van der Waals surface area contributed by atoms with Crippen LogP contribution in [0.1, 0.15) is 22.3 Å². The molecule has 0 radical (unpaired) electrons. The number of aliphatic imine (C=N–C) groups is 1. The zero-order chi connectivity index (χ0) is 21.8. The fourth-order valence-electron chi connectivity index (χ4n) is 5.48. The Labute approximate surface area is 193 Å². The molecule has 0 N–H and O–H groups in total. The van der Waals surface area contributed by atoms with Gasteiger partial charge in [0.2, 0.25) is 0 Å². The Bertz CT molecular complexity index is 1420. The number of hydrogen-bond acceptors (Lipinski definition) is 3. The quantitative estimate of drug-likeness (QED) is 0.374. The van der Waals surface area contributed by atoms with Gasteiger partial charge >= 0.3 is 0 Å². The molecular formula is C30H23N3. The molecule has 0 aliphatic carbocycles. The molecule has 0 saturated heterocycles. The lowest BCUT2D eigenvalue weighted by Crippen LogP contribution is -2.45. The highest BCUT2D eigenvalue weighted by atomic mass is 15.3. The Balaban J connectivity index is 1.42. The first kappa shape index (κ1) is 18.6. The topological polar surface area (TPSA) is 28.5 Å². The highest BCUT2D eigenvalue weighted by molar-refractivity contribution is 6.09.